The van der Waals surface area contributed by atoms with Crippen LogP contribution in [0.4, 0.5) is 5.69 Å². The molecular formula is C25H28N2O. The Morgan fingerprint density at radius 2 is 1.36 bits per heavy atom. The maximum absolute atomic E-state index is 6.41. The van der Waals surface area contributed by atoms with Crippen molar-refractivity contribution in [3.05, 3.63) is 96.1 Å². The highest BCUT2D eigenvalue weighted by atomic mass is 16.5. The molecule has 1 atom stereocenters. The molecule has 3 aromatic carbocycles. The fourth-order valence-electron chi connectivity index (χ4n) is 3.72. The highest BCUT2D eigenvalue weighted by Crippen LogP contribution is 2.24. The van der Waals surface area contributed by atoms with Gasteiger partial charge in [-0.05, 0) is 36.8 Å². The van der Waals surface area contributed by atoms with Crippen molar-refractivity contribution < 1.29 is 4.74 Å². The maximum atomic E-state index is 6.41. The average molecular weight is 373 g/mol. The van der Waals surface area contributed by atoms with Crippen molar-refractivity contribution in [2.75, 3.05) is 37.6 Å². The van der Waals surface area contributed by atoms with E-state index in [4.69, 9.17) is 4.74 Å². The summed E-state index contributed by atoms with van der Waals surface area (Å²) in [6, 6.07) is 29.6. The maximum Gasteiger partial charge on any atom is 0.136 e. The van der Waals surface area contributed by atoms with E-state index in [9.17, 15) is 0 Å². The van der Waals surface area contributed by atoms with Gasteiger partial charge in [0.25, 0.3) is 0 Å². The molecule has 3 nitrogen and oxygen atoms in total. The highest BCUT2D eigenvalue weighted by Gasteiger charge is 2.22. The zero-order valence-corrected chi connectivity index (χ0v) is 16.5. The van der Waals surface area contributed by atoms with Crippen LogP contribution in [0.15, 0.2) is 84.9 Å². The van der Waals surface area contributed by atoms with Crippen LogP contribution >= 0.6 is 0 Å². The van der Waals surface area contributed by atoms with E-state index in [-0.39, 0.29) is 6.10 Å². The summed E-state index contributed by atoms with van der Waals surface area (Å²) in [4.78, 5) is 4.99. The smallest absolute Gasteiger partial charge is 0.136 e. The van der Waals surface area contributed by atoms with Gasteiger partial charge >= 0.3 is 0 Å². The van der Waals surface area contributed by atoms with E-state index in [2.05, 4.69) is 102 Å². The van der Waals surface area contributed by atoms with Crippen LogP contribution in [0, 0.1) is 6.92 Å². The van der Waals surface area contributed by atoms with Gasteiger partial charge in [-0.25, -0.2) is 0 Å². The summed E-state index contributed by atoms with van der Waals surface area (Å²) in [5.74, 6) is 0.933. The Kier molecular flexibility index (Phi) is 5.93. The van der Waals surface area contributed by atoms with Crippen molar-refractivity contribution in [3.63, 3.8) is 0 Å². The Balaban J connectivity index is 1.42. The molecule has 0 spiro atoms. The van der Waals surface area contributed by atoms with Gasteiger partial charge in [0.1, 0.15) is 11.9 Å². The van der Waals surface area contributed by atoms with Crippen LogP contribution in [-0.4, -0.2) is 37.6 Å². The molecule has 1 aliphatic heterocycles. The fourth-order valence-corrected chi connectivity index (χ4v) is 3.72. The summed E-state index contributed by atoms with van der Waals surface area (Å²) in [5.41, 5.74) is 3.80. The van der Waals surface area contributed by atoms with Crippen LogP contribution in [0.3, 0.4) is 0 Å². The zero-order valence-electron chi connectivity index (χ0n) is 16.5. The molecule has 0 amide bonds. The molecule has 144 valence electrons. The van der Waals surface area contributed by atoms with Crippen molar-refractivity contribution in [1.29, 1.82) is 0 Å². The summed E-state index contributed by atoms with van der Waals surface area (Å²) >= 11 is 0. The Labute approximate surface area is 168 Å². The number of para-hydroxylation sites is 1. The molecule has 3 aromatic rings. The first-order valence-electron chi connectivity index (χ1n) is 10.1. The number of piperazine rings is 1. The molecule has 1 saturated heterocycles. The normalized spacial score (nSPS) is 16.0. The molecule has 3 heteroatoms. The molecule has 0 bridgehead atoms. The predicted molar refractivity (Wildman–Crippen MR) is 116 cm³/mol. The standard InChI is InChI=1S/C25H28N2O/c1-21-12-14-24(15-13-21)28-25(22-8-4-2-5-9-22)20-26-16-18-27(19-17-26)23-10-6-3-7-11-23/h2-15,25H,16-20H2,1H3. The van der Waals surface area contributed by atoms with Crippen molar-refractivity contribution >= 4 is 5.69 Å². The first-order valence-corrected chi connectivity index (χ1v) is 10.1. The lowest BCUT2D eigenvalue weighted by molar-refractivity contribution is 0.128. The van der Waals surface area contributed by atoms with Crippen LogP contribution in [-0.2, 0) is 0 Å². The number of nitrogens with zero attached hydrogens (tertiary/aromatic N) is 2. The molecule has 0 N–H and O–H groups in total. The van der Waals surface area contributed by atoms with Gasteiger partial charge in [-0.2, -0.15) is 0 Å². The lowest BCUT2D eigenvalue weighted by atomic mass is 10.1. The van der Waals surface area contributed by atoms with Crippen LogP contribution in [0.5, 0.6) is 5.75 Å². The monoisotopic (exact) mass is 372 g/mol. The number of benzene rings is 3. The zero-order chi connectivity index (χ0) is 19.2. The largest absolute Gasteiger partial charge is 0.484 e. The number of rotatable bonds is 6. The van der Waals surface area contributed by atoms with Crippen molar-refractivity contribution in [2.45, 2.75) is 13.0 Å². The van der Waals surface area contributed by atoms with Crippen LogP contribution in [0.2, 0.25) is 0 Å². The van der Waals surface area contributed by atoms with E-state index in [0.29, 0.717) is 0 Å². The number of aryl methyl sites for hydroxylation is 1. The van der Waals surface area contributed by atoms with Gasteiger partial charge in [-0.1, -0.05) is 66.2 Å². The first kappa shape index (κ1) is 18.6. The summed E-state index contributed by atoms with van der Waals surface area (Å²) in [6.45, 7) is 7.21. The van der Waals surface area contributed by atoms with Crippen LogP contribution < -0.4 is 9.64 Å². The summed E-state index contributed by atoms with van der Waals surface area (Å²) in [7, 11) is 0. The van der Waals surface area contributed by atoms with Gasteiger partial charge in [-0.15, -0.1) is 0 Å². The third-order valence-corrected chi connectivity index (χ3v) is 5.39. The molecule has 0 aliphatic carbocycles. The minimum atomic E-state index is 0.0344. The van der Waals surface area contributed by atoms with E-state index >= 15 is 0 Å². The summed E-state index contributed by atoms with van der Waals surface area (Å²) in [6.07, 6.45) is 0.0344. The van der Waals surface area contributed by atoms with Crippen LogP contribution in [0.1, 0.15) is 17.2 Å². The molecule has 0 aromatic heterocycles. The van der Waals surface area contributed by atoms with Gasteiger partial charge in [-0.3, -0.25) is 4.90 Å². The number of hydrogen-bond donors (Lipinski definition) is 0. The van der Waals surface area contributed by atoms with Crippen molar-refractivity contribution in [2.24, 2.45) is 0 Å². The topological polar surface area (TPSA) is 15.7 Å². The minimum absolute atomic E-state index is 0.0344. The molecule has 1 fully saturated rings. The summed E-state index contributed by atoms with van der Waals surface area (Å²) in [5, 5.41) is 0. The molecule has 28 heavy (non-hydrogen) atoms. The second-order valence-corrected chi connectivity index (χ2v) is 7.45. The third-order valence-electron chi connectivity index (χ3n) is 5.39. The second kappa shape index (κ2) is 8.94. The Morgan fingerprint density at radius 1 is 0.750 bits per heavy atom. The highest BCUT2D eigenvalue weighted by molar-refractivity contribution is 5.46. The van der Waals surface area contributed by atoms with Crippen molar-refractivity contribution in [3.8, 4) is 5.75 Å². The van der Waals surface area contributed by atoms with Gasteiger partial charge in [0.15, 0.2) is 0 Å². The second-order valence-electron chi connectivity index (χ2n) is 7.45. The van der Waals surface area contributed by atoms with E-state index < -0.39 is 0 Å². The first-order chi connectivity index (χ1) is 13.8. The van der Waals surface area contributed by atoms with Gasteiger partial charge in [0.2, 0.25) is 0 Å². The lowest BCUT2D eigenvalue weighted by Gasteiger charge is -2.37. The fraction of sp³-hybridized carbons (Fsp3) is 0.280. The Morgan fingerprint density at radius 3 is 2.00 bits per heavy atom. The predicted octanol–water partition coefficient (Wildman–Crippen LogP) is 4.94. The molecule has 0 saturated carbocycles. The SMILES string of the molecule is Cc1ccc(OC(CN2CCN(c3ccccc3)CC2)c2ccccc2)cc1. The Bertz CT molecular complexity index is 841. The molecule has 1 aliphatic rings. The van der Waals surface area contributed by atoms with E-state index in [0.717, 1.165) is 38.5 Å². The number of hydrogen-bond acceptors (Lipinski definition) is 3. The minimum Gasteiger partial charge on any atom is -0.484 e. The molecule has 4 rings (SSSR count). The van der Waals surface area contributed by atoms with E-state index in [1.54, 1.807) is 0 Å². The number of anilines is 1. The molecule has 1 heterocycles. The van der Waals surface area contributed by atoms with Crippen molar-refractivity contribution in [1.82, 2.24) is 4.90 Å². The molecule has 0 radical (unpaired) electrons. The average Bonchev–Trinajstić information content (AvgIpc) is 2.76. The Hall–Kier alpha value is -2.78. The van der Waals surface area contributed by atoms with Gasteiger partial charge < -0.3 is 9.64 Å². The molecular weight excluding hydrogens is 344 g/mol. The van der Waals surface area contributed by atoms with Gasteiger partial charge in [0, 0.05) is 38.4 Å². The third kappa shape index (κ3) is 4.73. The molecule has 1 unspecified atom stereocenters. The quantitative estimate of drug-likeness (QED) is 0.610. The van der Waals surface area contributed by atoms with Gasteiger partial charge in [0.05, 0.1) is 0 Å². The van der Waals surface area contributed by atoms with E-state index in [1.807, 2.05) is 0 Å². The van der Waals surface area contributed by atoms with E-state index in [1.165, 1.54) is 16.8 Å². The lowest BCUT2D eigenvalue weighted by Crippen LogP contribution is -2.48. The summed E-state index contributed by atoms with van der Waals surface area (Å²) < 4.78 is 6.41. The number of ether oxygens (including phenoxy) is 1. The van der Waals surface area contributed by atoms with Crippen LogP contribution in [0.25, 0.3) is 0 Å².